The van der Waals surface area contributed by atoms with Crippen LogP contribution in [0.25, 0.3) is 0 Å². The van der Waals surface area contributed by atoms with Crippen molar-refractivity contribution in [1.29, 1.82) is 0 Å². The first-order valence-electron chi connectivity index (χ1n) is 8.35. The number of amides is 2. The lowest BCUT2D eigenvalue weighted by atomic mass is 10.2. The molecule has 7 heteroatoms. The fourth-order valence-corrected chi connectivity index (χ4v) is 2.96. The summed E-state index contributed by atoms with van der Waals surface area (Å²) in [7, 11) is 0. The van der Waals surface area contributed by atoms with Gasteiger partial charge in [-0.15, -0.1) is 0 Å². The van der Waals surface area contributed by atoms with Crippen LogP contribution < -0.4 is 10.6 Å². The molecule has 1 aliphatic rings. The normalized spacial score (nSPS) is 24.9. The number of morpholine rings is 1. The van der Waals surface area contributed by atoms with Crippen LogP contribution in [-0.2, 0) is 11.3 Å². The van der Waals surface area contributed by atoms with Crippen LogP contribution in [0.3, 0.4) is 0 Å². The third kappa shape index (κ3) is 5.84. The third-order valence-corrected chi connectivity index (χ3v) is 4.03. The average Bonchev–Trinajstić information content (AvgIpc) is 2.96. The highest BCUT2D eigenvalue weighted by Crippen LogP contribution is 2.13. The summed E-state index contributed by atoms with van der Waals surface area (Å²) in [4.78, 5) is 14.4. The van der Waals surface area contributed by atoms with E-state index in [1.54, 1.807) is 6.20 Å². The summed E-state index contributed by atoms with van der Waals surface area (Å²) < 4.78 is 7.55. The SMILES string of the molecule is C[C@H](Cn1cccn1)NC(=O)NC[C@H](C)N1C[C@@H](C)O[C@@H](C)C1. The molecule has 1 saturated heterocycles. The zero-order valence-corrected chi connectivity index (χ0v) is 14.5. The summed E-state index contributed by atoms with van der Waals surface area (Å²) in [6.45, 7) is 11.4. The van der Waals surface area contributed by atoms with Crippen molar-refractivity contribution in [3.63, 3.8) is 0 Å². The van der Waals surface area contributed by atoms with Gasteiger partial charge in [0.15, 0.2) is 0 Å². The Morgan fingerprint density at radius 2 is 2.04 bits per heavy atom. The van der Waals surface area contributed by atoms with E-state index in [-0.39, 0.29) is 30.3 Å². The lowest BCUT2D eigenvalue weighted by Crippen LogP contribution is -2.53. The minimum atomic E-state index is -0.133. The molecule has 23 heavy (non-hydrogen) atoms. The number of nitrogens with one attached hydrogen (secondary N) is 2. The Morgan fingerprint density at radius 3 is 2.65 bits per heavy atom. The van der Waals surface area contributed by atoms with E-state index in [4.69, 9.17) is 4.74 Å². The quantitative estimate of drug-likeness (QED) is 0.821. The van der Waals surface area contributed by atoms with Crippen LogP contribution in [0, 0.1) is 0 Å². The molecule has 1 fully saturated rings. The van der Waals surface area contributed by atoms with Crippen molar-refractivity contribution in [2.24, 2.45) is 0 Å². The minimum Gasteiger partial charge on any atom is -0.373 e. The van der Waals surface area contributed by atoms with E-state index in [1.165, 1.54) is 0 Å². The Balaban J connectivity index is 1.69. The molecule has 1 aromatic heterocycles. The molecule has 0 radical (unpaired) electrons. The van der Waals surface area contributed by atoms with Crippen LogP contribution in [0.4, 0.5) is 4.79 Å². The molecule has 7 nitrogen and oxygen atoms in total. The molecule has 0 saturated carbocycles. The van der Waals surface area contributed by atoms with E-state index >= 15 is 0 Å². The highest BCUT2D eigenvalue weighted by Gasteiger charge is 2.25. The molecule has 2 rings (SSSR count). The molecular weight excluding hydrogens is 294 g/mol. The summed E-state index contributed by atoms with van der Waals surface area (Å²) in [5, 5.41) is 10.0. The second kappa shape index (κ2) is 8.31. The molecule has 1 aromatic rings. The molecule has 0 aliphatic carbocycles. The summed E-state index contributed by atoms with van der Waals surface area (Å²) in [5.41, 5.74) is 0. The molecule has 0 bridgehead atoms. The highest BCUT2D eigenvalue weighted by atomic mass is 16.5. The van der Waals surface area contributed by atoms with Crippen molar-refractivity contribution in [3.05, 3.63) is 18.5 Å². The van der Waals surface area contributed by atoms with Gasteiger partial charge < -0.3 is 15.4 Å². The maximum absolute atomic E-state index is 12.0. The highest BCUT2D eigenvalue weighted by molar-refractivity contribution is 5.74. The van der Waals surface area contributed by atoms with Crippen LogP contribution >= 0.6 is 0 Å². The van der Waals surface area contributed by atoms with E-state index in [9.17, 15) is 4.79 Å². The van der Waals surface area contributed by atoms with E-state index in [0.717, 1.165) is 13.1 Å². The molecule has 1 aliphatic heterocycles. The first kappa shape index (κ1) is 17.7. The fraction of sp³-hybridized carbons (Fsp3) is 0.750. The molecule has 0 spiro atoms. The number of ether oxygens (including phenoxy) is 1. The van der Waals surface area contributed by atoms with Crippen LogP contribution in [0.15, 0.2) is 18.5 Å². The summed E-state index contributed by atoms with van der Waals surface area (Å²) in [5.74, 6) is 0. The van der Waals surface area contributed by atoms with Gasteiger partial charge in [0, 0.05) is 44.1 Å². The Hall–Kier alpha value is -1.60. The van der Waals surface area contributed by atoms with E-state index in [0.29, 0.717) is 13.1 Å². The Kier molecular flexibility index (Phi) is 6.41. The number of hydrogen-bond donors (Lipinski definition) is 2. The number of carbonyl (C=O) groups is 1. The van der Waals surface area contributed by atoms with Crippen LogP contribution in [0.5, 0.6) is 0 Å². The Morgan fingerprint density at radius 1 is 1.35 bits per heavy atom. The molecular formula is C16H29N5O2. The van der Waals surface area contributed by atoms with Crippen molar-refractivity contribution in [2.75, 3.05) is 19.6 Å². The smallest absolute Gasteiger partial charge is 0.315 e. The van der Waals surface area contributed by atoms with Gasteiger partial charge in [0.1, 0.15) is 0 Å². The molecule has 130 valence electrons. The number of aromatic nitrogens is 2. The predicted octanol–water partition coefficient (Wildman–Crippen LogP) is 1.07. The number of nitrogens with zero attached hydrogens (tertiary/aromatic N) is 3. The first-order valence-corrected chi connectivity index (χ1v) is 8.35. The largest absolute Gasteiger partial charge is 0.373 e. The molecule has 0 unspecified atom stereocenters. The monoisotopic (exact) mass is 323 g/mol. The lowest BCUT2D eigenvalue weighted by molar-refractivity contribution is -0.0778. The fourth-order valence-electron chi connectivity index (χ4n) is 2.96. The summed E-state index contributed by atoms with van der Waals surface area (Å²) in [6, 6.07) is 2.05. The first-order chi connectivity index (χ1) is 10.9. The molecule has 2 amide bonds. The average molecular weight is 323 g/mol. The Bertz CT molecular complexity index is 469. The van der Waals surface area contributed by atoms with Crippen LogP contribution in [-0.4, -0.2) is 64.6 Å². The van der Waals surface area contributed by atoms with Gasteiger partial charge in [-0.3, -0.25) is 9.58 Å². The van der Waals surface area contributed by atoms with Crippen LogP contribution in [0.1, 0.15) is 27.7 Å². The zero-order chi connectivity index (χ0) is 16.8. The van der Waals surface area contributed by atoms with Gasteiger partial charge in [0.25, 0.3) is 0 Å². The van der Waals surface area contributed by atoms with E-state index < -0.39 is 0 Å². The molecule has 0 aromatic carbocycles. The van der Waals surface area contributed by atoms with Crippen molar-refractivity contribution in [1.82, 2.24) is 25.3 Å². The lowest BCUT2D eigenvalue weighted by Gasteiger charge is -2.39. The zero-order valence-electron chi connectivity index (χ0n) is 14.5. The predicted molar refractivity (Wildman–Crippen MR) is 89.3 cm³/mol. The third-order valence-electron chi connectivity index (χ3n) is 4.03. The number of carbonyl (C=O) groups excluding carboxylic acids is 1. The topological polar surface area (TPSA) is 71.4 Å². The second-order valence-electron chi connectivity index (χ2n) is 6.54. The van der Waals surface area contributed by atoms with Gasteiger partial charge in [0.05, 0.1) is 18.8 Å². The number of urea groups is 1. The van der Waals surface area contributed by atoms with Crippen molar-refractivity contribution in [3.8, 4) is 0 Å². The summed E-state index contributed by atoms with van der Waals surface area (Å²) in [6.07, 6.45) is 4.10. The van der Waals surface area contributed by atoms with Crippen molar-refractivity contribution >= 4 is 6.03 Å². The maximum atomic E-state index is 12.0. The second-order valence-corrected chi connectivity index (χ2v) is 6.54. The number of hydrogen-bond acceptors (Lipinski definition) is 4. The maximum Gasteiger partial charge on any atom is 0.315 e. The standard InChI is InChI=1S/C16H29N5O2/c1-12(9-21-7-5-6-18-21)19-16(22)17-8-13(2)20-10-14(3)23-15(4)11-20/h5-7,12-15H,8-11H2,1-4H3,(H2,17,19,22)/t12-,13+,14-,15+/m1/s1. The van der Waals surface area contributed by atoms with Crippen molar-refractivity contribution < 1.29 is 9.53 Å². The molecule has 2 N–H and O–H groups in total. The van der Waals surface area contributed by atoms with Gasteiger partial charge in [-0.25, -0.2) is 4.79 Å². The molecule has 2 heterocycles. The van der Waals surface area contributed by atoms with Crippen molar-refractivity contribution in [2.45, 2.75) is 58.5 Å². The van der Waals surface area contributed by atoms with E-state index in [2.05, 4.69) is 41.4 Å². The molecule has 4 atom stereocenters. The summed E-state index contributed by atoms with van der Waals surface area (Å²) >= 11 is 0. The Labute approximate surface area is 138 Å². The van der Waals surface area contributed by atoms with Gasteiger partial charge >= 0.3 is 6.03 Å². The van der Waals surface area contributed by atoms with Crippen LogP contribution in [0.2, 0.25) is 0 Å². The number of rotatable bonds is 6. The van der Waals surface area contributed by atoms with Gasteiger partial charge in [-0.05, 0) is 33.8 Å². The van der Waals surface area contributed by atoms with Gasteiger partial charge in [0.2, 0.25) is 0 Å². The van der Waals surface area contributed by atoms with Gasteiger partial charge in [-0.2, -0.15) is 5.10 Å². The van der Waals surface area contributed by atoms with Gasteiger partial charge in [-0.1, -0.05) is 0 Å². The van der Waals surface area contributed by atoms with E-state index in [1.807, 2.05) is 23.9 Å². The minimum absolute atomic E-state index is 0.0219.